The molecule has 3 heterocycles. The number of aromatic nitrogens is 3. The number of aryl methyl sites for hydroxylation is 1. The average Bonchev–Trinajstić information content (AvgIpc) is 3.50. The van der Waals surface area contributed by atoms with Crippen molar-refractivity contribution in [3.63, 3.8) is 0 Å². The molecular weight excluding hydrogens is 541 g/mol. The highest BCUT2D eigenvalue weighted by Gasteiger charge is 2.35. The number of benzene rings is 2. The Bertz CT molecular complexity index is 1490. The fraction of sp³-hybridized carbons (Fsp3) is 0.424. The second-order valence-corrected chi connectivity index (χ2v) is 12.2. The third kappa shape index (κ3) is 6.94. The Morgan fingerprint density at radius 2 is 1.67 bits per heavy atom. The van der Waals surface area contributed by atoms with Crippen LogP contribution < -0.4 is 9.64 Å². The van der Waals surface area contributed by atoms with E-state index in [0.717, 1.165) is 40.8 Å². The number of rotatable bonds is 8. The van der Waals surface area contributed by atoms with Gasteiger partial charge in [0, 0.05) is 31.3 Å². The van der Waals surface area contributed by atoms with Crippen molar-refractivity contribution in [1.82, 2.24) is 15.0 Å². The van der Waals surface area contributed by atoms with Gasteiger partial charge in [-0.1, -0.05) is 52.0 Å². The minimum Gasteiger partial charge on any atom is -0.493 e. The summed E-state index contributed by atoms with van der Waals surface area (Å²) in [5.41, 5.74) is 3.43. The summed E-state index contributed by atoms with van der Waals surface area (Å²) in [6, 6.07) is 17.3. The maximum atomic E-state index is 13.1. The van der Waals surface area contributed by atoms with Crippen LogP contribution in [0, 0.1) is 18.8 Å². The molecule has 0 bridgehead atoms. The minimum absolute atomic E-state index is 0.0902. The van der Waals surface area contributed by atoms with E-state index in [0.29, 0.717) is 37.9 Å². The summed E-state index contributed by atoms with van der Waals surface area (Å²) in [4.78, 5) is 14.4. The molecule has 222 valence electrons. The molecule has 4 aromatic rings. The number of hydrogen-bond acceptors (Lipinski definition) is 6. The lowest BCUT2D eigenvalue weighted by Gasteiger charge is -2.18. The van der Waals surface area contributed by atoms with Gasteiger partial charge >= 0.3 is 6.18 Å². The van der Waals surface area contributed by atoms with Crippen LogP contribution in [-0.4, -0.2) is 34.6 Å². The van der Waals surface area contributed by atoms with Crippen LogP contribution in [-0.2, 0) is 24.4 Å². The fourth-order valence-corrected chi connectivity index (χ4v) is 5.31. The van der Waals surface area contributed by atoms with Crippen molar-refractivity contribution in [3.8, 4) is 17.2 Å². The molecule has 0 N–H and O–H groups in total. The summed E-state index contributed by atoms with van der Waals surface area (Å²) in [5.74, 6) is 2.90. The Kier molecular flexibility index (Phi) is 8.30. The molecule has 9 heteroatoms. The number of halogens is 3. The molecule has 2 aromatic carbocycles. The van der Waals surface area contributed by atoms with E-state index in [1.807, 2.05) is 36.1 Å². The van der Waals surface area contributed by atoms with Gasteiger partial charge in [0.1, 0.15) is 17.2 Å². The minimum atomic E-state index is -4.48. The van der Waals surface area contributed by atoms with E-state index in [9.17, 15) is 13.2 Å². The van der Waals surface area contributed by atoms with Crippen molar-refractivity contribution < 1.29 is 22.3 Å². The van der Waals surface area contributed by atoms with Crippen LogP contribution in [0.2, 0.25) is 0 Å². The lowest BCUT2D eigenvalue weighted by molar-refractivity contribution is -0.141. The molecule has 0 saturated carbocycles. The van der Waals surface area contributed by atoms with Gasteiger partial charge in [-0.15, -0.1) is 0 Å². The standard InChI is InChI=1S/C33H37F3N4O2/c1-21-19-40(31-37-16-14-29(39-31)33(34,35)36)20-25(21)18-23-6-12-27(13-7-23)41-17-15-28-22(2)42-30(38-28)24-8-10-26(11-9-24)32(3,4)5/h6-14,16,21,25H,15,17-20H2,1-5H3. The summed E-state index contributed by atoms with van der Waals surface area (Å²) >= 11 is 0. The van der Waals surface area contributed by atoms with Crippen molar-refractivity contribution in [1.29, 1.82) is 0 Å². The highest BCUT2D eigenvalue weighted by molar-refractivity contribution is 5.54. The molecule has 1 fully saturated rings. The van der Waals surface area contributed by atoms with Gasteiger partial charge in [-0.05, 0) is 72.1 Å². The first kappa shape index (κ1) is 29.6. The predicted molar refractivity (Wildman–Crippen MR) is 157 cm³/mol. The maximum Gasteiger partial charge on any atom is 0.433 e. The Labute approximate surface area is 245 Å². The molecule has 1 saturated heterocycles. The Hall–Kier alpha value is -3.88. The molecular formula is C33H37F3N4O2. The highest BCUT2D eigenvalue weighted by atomic mass is 19.4. The van der Waals surface area contributed by atoms with E-state index in [2.05, 4.69) is 61.9 Å². The summed E-state index contributed by atoms with van der Waals surface area (Å²) in [7, 11) is 0. The molecule has 2 atom stereocenters. The maximum absolute atomic E-state index is 13.1. The zero-order chi connectivity index (χ0) is 30.1. The molecule has 1 aliphatic rings. The molecule has 0 radical (unpaired) electrons. The van der Waals surface area contributed by atoms with Crippen LogP contribution in [0.15, 0.2) is 65.2 Å². The number of ether oxygens (including phenoxy) is 1. The van der Waals surface area contributed by atoms with Crippen LogP contribution in [0.3, 0.4) is 0 Å². The lowest BCUT2D eigenvalue weighted by Crippen LogP contribution is -2.24. The molecule has 0 amide bonds. The van der Waals surface area contributed by atoms with Crippen LogP contribution in [0.25, 0.3) is 11.5 Å². The first-order chi connectivity index (χ1) is 19.9. The van der Waals surface area contributed by atoms with E-state index in [-0.39, 0.29) is 17.3 Å². The van der Waals surface area contributed by atoms with Crippen LogP contribution >= 0.6 is 0 Å². The number of nitrogens with zero attached hydrogens (tertiary/aromatic N) is 4. The third-order valence-electron chi connectivity index (χ3n) is 7.90. The lowest BCUT2D eigenvalue weighted by atomic mass is 9.87. The van der Waals surface area contributed by atoms with E-state index >= 15 is 0 Å². The second kappa shape index (κ2) is 11.8. The van der Waals surface area contributed by atoms with Gasteiger partial charge in [0.2, 0.25) is 11.8 Å². The SMILES string of the molecule is Cc1oc(-c2ccc(C(C)(C)C)cc2)nc1CCOc1ccc(CC2CN(c3nccc(C(F)(F)F)n3)CC2C)cc1. The van der Waals surface area contributed by atoms with Crippen LogP contribution in [0.5, 0.6) is 5.75 Å². The van der Waals surface area contributed by atoms with Gasteiger partial charge in [-0.2, -0.15) is 13.2 Å². The Morgan fingerprint density at radius 3 is 2.33 bits per heavy atom. The van der Waals surface area contributed by atoms with Crippen LogP contribution in [0.1, 0.15) is 56.0 Å². The van der Waals surface area contributed by atoms with Crippen molar-refractivity contribution in [2.24, 2.45) is 11.8 Å². The third-order valence-corrected chi connectivity index (χ3v) is 7.90. The van der Waals surface area contributed by atoms with Crippen molar-refractivity contribution in [3.05, 3.63) is 89.1 Å². The molecule has 1 aliphatic heterocycles. The van der Waals surface area contributed by atoms with Gasteiger partial charge in [-0.3, -0.25) is 0 Å². The number of alkyl halides is 3. The highest BCUT2D eigenvalue weighted by Crippen LogP contribution is 2.32. The predicted octanol–water partition coefficient (Wildman–Crippen LogP) is 7.69. The van der Waals surface area contributed by atoms with Crippen molar-refractivity contribution >= 4 is 5.95 Å². The molecule has 2 aromatic heterocycles. The first-order valence-corrected chi connectivity index (χ1v) is 14.3. The summed E-state index contributed by atoms with van der Waals surface area (Å²) in [6.45, 7) is 12.3. The van der Waals surface area contributed by atoms with Gasteiger partial charge in [0.25, 0.3) is 0 Å². The van der Waals surface area contributed by atoms with Crippen LogP contribution in [0.4, 0.5) is 19.1 Å². The Morgan fingerprint density at radius 1 is 0.952 bits per heavy atom. The smallest absolute Gasteiger partial charge is 0.433 e. The molecule has 5 rings (SSSR count). The second-order valence-electron chi connectivity index (χ2n) is 12.2. The zero-order valence-electron chi connectivity index (χ0n) is 24.7. The summed E-state index contributed by atoms with van der Waals surface area (Å²) in [6.07, 6.45) is -1.86. The molecule has 42 heavy (non-hydrogen) atoms. The van der Waals surface area contributed by atoms with Gasteiger partial charge in [-0.25, -0.2) is 15.0 Å². The largest absolute Gasteiger partial charge is 0.493 e. The molecule has 0 spiro atoms. The zero-order valence-corrected chi connectivity index (χ0v) is 24.7. The van der Waals surface area contributed by atoms with Gasteiger partial charge in [0.15, 0.2) is 0 Å². The number of anilines is 1. The average molecular weight is 579 g/mol. The quantitative estimate of drug-likeness (QED) is 0.214. The fourth-order valence-electron chi connectivity index (χ4n) is 5.31. The van der Waals surface area contributed by atoms with Gasteiger partial charge < -0.3 is 14.1 Å². The van der Waals surface area contributed by atoms with E-state index in [1.165, 1.54) is 11.8 Å². The topological polar surface area (TPSA) is 64.3 Å². The molecule has 6 nitrogen and oxygen atoms in total. The van der Waals surface area contributed by atoms with E-state index in [1.54, 1.807) is 0 Å². The molecule has 0 aliphatic carbocycles. The van der Waals surface area contributed by atoms with Crippen molar-refractivity contribution in [2.75, 3.05) is 24.6 Å². The summed E-state index contributed by atoms with van der Waals surface area (Å²) < 4.78 is 51.2. The van der Waals surface area contributed by atoms with E-state index < -0.39 is 11.9 Å². The molecule has 2 unspecified atom stereocenters. The number of hydrogen-bond donors (Lipinski definition) is 0. The summed E-state index contributed by atoms with van der Waals surface area (Å²) in [5, 5.41) is 0. The monoisotopic (exact) mass is 578 g/mol. The number of oxazole rings is 1. The Balaban J connectivity index is 1.13. The van der Waals surface area contributed by atoms with E-state index in [4.69, 9.17) is 14.1 Å². The van der Waals surface area contributed by atoms with Crippen molar-refractivity contribution in [2.45, 2.75) is 59.1 Å². The first-order valence-electron chi connectivity index (χ1n) is 14.3. The normalized spacial score (nSPS) is 17.6. The van der Waals surface area contributed by atoms with Gasteiger partial charge in [0.05, 0.1) is 12.3 Å².